The fourth-order valence-electron chi connectivity index (χ4n) is 4.00. The van der Waals surface area contributed by atoms with E-state index in [9.17, 15) is 4.79 Å². The zero-order valence-electron chi connectivity index (χ0n) is 18.3. The molecule has 0 amide bonds. The van der Waals surface area contributed by atoms with Crippen molar-refractivity contribution in [3.05, 3.63) is 105 Å². The molecule has 1 aliphatic carbocycles. The number of hydrogen-bond donors (Lipinski definition) is 0. The Bertz CT molecular complexity index is 1690. The minimum atomic E-state index is -0.203. The van der Waals surface area contributed by atoms with Crippen LogP contribution in [-0.4, -0.2) is 31.5 Å². The summed E-state index contributed by atoms with van der Waals surface area (Å²) in [5, 5.41) is 9.30. The first kappa shape index (κ1) is 20.3. The molecule has 6 rings (SSSR count). The number of allylic oxidation sites excluding steroid dienone is 4. The number of aromatic nitrogens is 5. The Morgan fingerprint density at radius 1 is 1.06 bits per heavy atom. The number of ether oxygens (including phenoxy) is 1. The molecule has 3 aromatic heterocycles. The molecule has 166 valence electrons. The van der Waals surface area contributed by atoms with Crippen molar-refractivity contribution in [2.75, 3.05) is 7.11 Å². The molecule has 0 radical (unpaired) electrons. The highest BCUT2D eigenvalue weighted by Gasteiger charge is 2.17. The standard InChI is InChI=1S/C26H19N5O2S/c1-33-21-14-8-7-13-20(21)24-27-26-31(29-24)25(32)22(34-26)15-18-16-30(19-11-3-2-4-12-19)28-23(18)17-9-5-6-10-17/h2-9,11-16H,10H2,1H3/b22-15-. The molecule has 7 nitrogen and oxygen atoms in total. The van der Waals surface area contributed by atoms with Gasteiger partial charge in [0.15, 0.2) is 5.82 Å². The predicted molar refractivity (Wildman–Crippen MR) is 133 cm³/mol. The lowest BCUT2D eigenvalue weighted by molar-refractivity contribution is 0.416. The minimum absolute atomic E-state index is 0.203. The van der Waals surface area contributed by atoms with Gasteiger partial charge >= 0.3 is 0 Å². The van der Waals surface area contributed by atoms with E-state index in [0.717, 1.165) is 34.5 Å². The van der Waals surface area contributed by atoms with E-state index in [-0.39, 0.29) is 5.56 Å². The quantitative estimate of drug-likeness (QED) is 0.394. The molecule has 0 fully saturated rings. The van der Waals surface area contributed by atoms with Crippen LogP contribution in [0.25, 0.3) is 33.7 Å². The van der Waals surface area contributed by atoms with Gasteiger partial charge in [0.2, 0.25) is 4.96 Å². The summed E-state index contributed by atoms with van der Waals surface area (Å²) in [5.74, 6) is 1.13. The second kappa shape index (κ2) is 8.24. The highest BCUT2D eigenvalue weighted by molar-refractivity contribution is 7.15. The van der Waals surface area contributed by atoms with Gasteiger partial charge in [-0.3, -0.25) is 4.79 Å². The molecule has 5 aromatic rings. The van der Waals surface area contributed by atoms with Gasteiger partial charge in [-0.15, -0.1) is 5.10 Å². The van der Waals surface area contributed by atoms with Crippen LogP contribution in [0.5, 0.6) is 5.75 Å². The van der Waals surface area contributed by atoms with Gasteiger partial charge in [0.1, 0.15) is 5.75 Å². The molecule has 0 spiro atoms. The number of nitrogens with zero attached hydrogens (tertiary/aromatic N) is 5. The minimum Gasteiger partial charge on any atom is -0.496 e. The summed E-state index contributed by atoms with van der Waals surface area (Å²) in [6.07, 6.45) is 10.8. The van der Waals surface area contributed by atoms with E-state index in [1.807, 2.05) is 77.6 Å². The van der Waals surface area contributed by atoms with E-state index in [2.05, 4.69) is 22.2 Å². The molecular weight excluding hydrogens is 446 g/mol. The van der Waals surface area contributed by atoms with Gasteiger partial charge in [-0.25, -0.2) is 4.68 Å². The van der Waals surface area contributed by atoms with Gasteiger partial charge < -0.3 is 4.74 Å². The molecule has 0 saturated heterocycles. The molecule has 0 atom stereocenters. The fraction of sp³-hybridized carbons (Fsp3) is 0.0769. The molecule has 2 aromatic carbocycles. The molecule has 34 heavy (non-hydrogen) atoms. The summed E-state index contributed by atoms with van der Waals surface area (Å²) in [7, 11) is 1.60. The molecular formula is C26H19N5O2S. The van der Waals surface area contributed by atoms with Crippen molar-refractivity contribution < 1.29 is 4.74 Å². The zero-order chi connectivity index (χ0) is 23.1. The van der Waals surface area contributed by atoms with Crippen LogP contribution in [0.3, 0.4) is 0 Å². The Morgan fingerprint density at radius 2 is 1.88 bits per heavy atom. The molecule has 0 aliphatic heterocycles. The van der Waals surface area contributed by atoms with Crippen LogP contribution in [0.15, 0.2) is 83.8 Å². The van der Waals surface area contributed by atoms with Crippen molar-refractivity contribution in [3.63, 3.8) is 0 Å². The van der Waals surface area contributed by atoms with Crippen molar-refractivity contribution in [2.24, 2.45) is 0 Å². The van der Waals surface area contributed by atoms with E-state index < -0.39 is 0 Å². The largest absolute Gasteiger partial charge is 0.496 e. The maximum atomic E-state index is 13.2. The zero-order valence-corrected chi connectivity index (χ0v) is 19.1. The first-order chi connectivity index (χ1) is 16.7. The van der Waals surface area contributed by atoms with E-state index >= 15 is 0 Å². The Hall–Kier alpha value is -4.30. The third-order valence-corrected chi connectivity index (χ3v) is 6.61. The van der Waals surface area contributed by atoms with E-state index in [0.29, 0.717) is 21.1 Å². The molecule has 0 unspecified atom stereocenters. The summed E-state index contributed by atoms with van der Waals surface area (Å²) in [6.45, 7) is 0. The average molecular weight is 466 g/mol. The number of benzene rings is 2. The van der Waals surface area contributed by atoms with Gasteiger partial charge in [-0.2, -0.15) is 14.6 Å². The van der Waals surface area contributed by atoms with E-state index in [1.165, 1.54) is 15.9 Å². The van der Waals surface area contributed by atoms with Crippen LogP contribution in [0.2, 0.25) is 0 Å². The second-order valence-corrected chi connectivity index (χ2v) is 8.79. The van der Waals surface area contributed by atoms with Crippen LogP contribution >= 0.6 is 11.3 Å². The van der Waals surface area contributed by atoms with Crippen LogP contribution < -0.4 is 14.8 Å². The smallest absolute Gasteiger partial charge is 0.291 e. The highest BCUT2D eigenvalue weighted by atomic mass is 32.1. The lowest BCUT2D eigenvalue weighted by Crippen LogP contribution is -2.23. The summed E-state index contributed by atoms with van der Waals surface area (Å²) < 4.78 is 9.18. The van der Waals surface area contributed by atoms with E-state index in [1.54, 1.807) is 7.11 Å². The van der Waals surface area contributed by atoms with Gasteiger partial charge in [0.05, 0.1) is 28.6 Å². The van der Waals surface area contributed by atoms with Crippen molar-refractivity contribution in [2.45, 2.75) is 6.42 Å². The third-order valence-electron chi connectivity index (χ3n) is 5.66. The third kappa shape index (κ3) is 3.45. The van der Waals surface area contributed by atoms with Gasteiger partial charge in [-0.1, -0.05) is 59.9 Å². The van der Waals surface area contributed by atoms with Crippen molar-refractivity contribution in [3.8, 4) is 22.8 Å². The summed E-state index contributed by atoms with van der Waals surface area (Å²) in [4.78, 5) is 18.3. The summed E-state index contributed by atoms with van der Waals surface area (Å²) in [5.41, 5.74) is 4.36. The Morgan fingerprint density at radius 3 is 2.65 bits per heavy atom. The van der Waals surface area contributed by atoms with Crippen molar-refractivity contribution >= 4 is 27.9 Å². The number of rotatable bonds is 5. The summed E-state index contributed by atoms with van der Waals surface area (Å²) in [6, 6.07) is 17.4. The highest BCUT2D eigenvalue weighted by Crippen LogP contribution is 2.28. The number of fused-ring (bicyclic) bond motifs is 1. The number of methoxy groups -OCH3 is 1. The molecule has 1 aliphatic rings. The van der Waals surface area contributed by atoms with Crippen LogP contribution in [0, 0.1) is 0 Å². The molecule has 0 N–H and O–H groups in total. The van der Waals surface area contributed by atoms with Crippen LogP contribution in [-0.2, 0) is 0 Å². The molecule has 0 saturated carbocycles. The number of thiazole rings is 1. The second-order valence-electron chi connectivity index (χ2n) is 7.78. The normalized spacial score (nSPS) is 13.7. The number of hydrogen-bond acceptors (Lipinski definition) is 6. The van der Waals surface area contributed by atoms with Crippen molar-refractivity contribution in [1.29, 1.82) is 0 Å². The first-order valence-electron chi connectivity index (χ1n) is 10.8. The SMILES string of the molecule is COc1ccccc1-c1nc2s/c(=C\c3cn(-c4ccccc4)nc3C3=CC=CC3)c(=O)n2n1. The fourth-order valence-corrected chi connectivity index (χ4v) is 4.90. The lowest BCUT2D eigenvalue weighted by atomic mass is 10.1. The van der Waals surface area contributed by atoms with Gasteiger partial charge in [-0.05, 0) is 42.3 Å². The lowest BCUT2D eigenvalue weighted by Gasteiger charge is -2.03. The maximum absolute atomic E-state index is 13.2. The Labute approximate surface area is 198 Å². The average Bonchev–Trinajstić information content (AvgIpc) is 3.66. The van der Waals surface area contributed by atoms with E-state index in [4.69, 9.17) is 9.84 Å². The topological polar surface area (TPSA) is 74.3 Å². The van der Waals surface area contributed by atoms with Crippen LogP contribution in [0.4, 0.5) is 0 Å². The molecule has 3 heterocycles. The number of para-hydroxylation sites is 2. The summed E-state index contributed by atoms with van der Waals surface area (Å²) >= 11 is 1.31. The van der Waals surface area contributed by atoms with Gasteiger partial charge in [0, 0.05) is 11.8 Å². The Balaban J connectivity index is 1.47. The van der Waals surface area contributed by atoms with Crippen LogP contribution in [0.1, 0.15) is 17.7 Å². The first-order valence-corrected chi connectivity index (χ1v) is 11.6. The van der Waals surface area contributed by atoms with Gasteiger partial charge in [0.25, 0.3) is 5.56 Å². The Kier molecular flexibility index (Phi) is 4.92. The monoisotopic (exact) mass is 465 g/mol. The van der Waals surface area contributed by atoms with Crippen molar-refractivity contribution in [1.82, 2.24) is 24.4 Å². The molecule has 0 bridgehead atoms. The predicted octanol–water partition coefficient (Wildman–Crippen LogP) is 3.90. The maximum Gasteiger partial charge on any atom is 0.291 e. The molecule has 8 heteroatoms.